The largest absolute Gasteiger partial charge is 0.313 e. The Balaban J connectivity index is 2.28. The van der Waals surface area contributed by atoms with Gasteiger partial charge in [-0.25, -0.2) is 0 Å². The van der Waals surface area contributed by atoms with E-state index in [9.17, 15) is 0 Å². The number of hydrogen-bond acceptors (Lipinski definition) is 2. The van der Waals surface area contributed by atoms with Gasteiger partial charge < -0.3 is 5.32 Å². The van der Waals surface area contributed by atoms with Crippen molar-refractivity contribution in [1.82, 2.24) is 5.32 Å². The normalized spacial score (nSPS) is 22.3. The van der Waals surface area contributed by atoms with Gasteiger partial charge in [-0.2, -0.15) is 11.8 Å². The van der Waals surface area contributed by atoms with Crippen LogP contribution in [0.5, 0.6) is 0 Å². The maximum absolute atomic E-state index is 6.24. The van der Waals surface area contributed by atoms with Crippen molar-refractivity contribution in [1.29, 1.82) is 0 Å². The molecule has 0 spiro atoms. The topological polar surface area (TPSA) is 12.0 Å². The van der Waals surface area contributed by atoms with E-state index in [1.54, 1.807) is 0 Å². The van der Waals surface area contributed by atoms with Crippen LogP contribution in [0.25, 0.3) is 0 Å². The zero-order chi connectivity index (χ0) is 11.5. The maximum atomic E-state index is 6.24. The lowest BCUT2D eigenvalue weighted by Gasteiger charge is -2.24. The number of benzene rings is 1. The Morgan fingerprint density at radius 2 is 2.25 bits per heavy atom. The zero-order valence-electron chi connectivity index (χ0n) is 9.17. The van der Waals surface area contributed by atoms with Crippen LogP contribution < -0.4 is 5.32 Å². The van der Waals surface area contributed by atoms with Crippen molar-refractivity contribution in [3.05, 3.63) is 33.8 Å². The lowest BCUT2D eigenvalue weighted by Crippen LogP contribution is -2.25. The van der Waals surface area contributed by atoms with Crippen LogP contribution in [-0.4, -0.2) is 18.6 Å². The van der Waals surface area contributed by atoms with Crippen molar-refractivity contribution in [2.45, 2.75) is 12.5 Å². The summed E-state index contributed by atoms with van der Waals surface area (Å²) in [5, 5.41) is 4.93. The molecule has 2 rings (SSSR count). The van der Waals surface area contributed by atoms with Gasteiger partial charge in [0.1, 0.15) is 0 Å². The highest BCUT2D eigenvalue weighted by atomic mass is 35.5. The number of halogens is 2. The van der Waals surface area contributed by atoms with E-state index in [0.29, 0.717) is 12.0 Å². The van der Waals surface area contributed by atoms with Gasteiger partial charge in [-0.3, -0.25) is 0 Å². The fourth-order valence-electron chi connectivity index (χ4n) is 2.21. The molecule has 1 aliphatic heterocycles. The Labute approximate surface area is 111 Å². The molecule has 0 amide bonds. The van der Waals surface area contributed by atoms with Crippen molar-refractivity contribution >= 4 is 35.0 Å². The average Bonchev–Trinajstić information content (AvgIpc) is 2.78. The predicted molar refractivity (Wildman–Crippen MR) is 73.7 cm³/mol. The average molecular weight is 276 g/mol. The lowest BCUT2D eigenvalue weighted by atomic mass is 9.92. The monoisotopic (exact) mass is 275 g/mol. The van der Waals surface area contributed by atoms with Crippen LogP contribution in [0.1, 0.15) is 18.0 Å². The highest BCUT2D eigenvalue weighted by Crippen LogP contribution is 2.37. The summed E-state index contributed by atoms with van der Waals surface area (Å²) in [5.41, 5.74) is 1.13. The first-order valence-electron chi connectivity index (χ1n) is 5.42. The Hall–Kier alpha value is 0.110. The van der Waals surface area contributed by atoms with Gasteiger partial charge in [-0.05, 0) is 54.7 Å². The molecule has 1 aromatic rings. The Bertz CT molecular complexity index is 364. The molecule has 1 N–H and O–H groups in total. The molecule has 4 heteroatoms. The van der Waals surface area contributed by atoms with E-state index in [0.717, 1.165) is 15.6 Å². The molecule has 0 aromatic heterocycles. The van der Waals surface area contributed by atoms with E-state index >= 15 is 0 Å². The van der Waals surface area contributed by atoms with E-state index in [2.05, 4.69) is 5.32 Å². The molecular formula is C12H15Cl2NS. The lowest BCUT2D eigenvalue weighted by molar-refractivity contribution is 0.420. The van der Waals surface area contributed by atoms with Crippen LogP contribution in [0.15, 0.2) is 18.2 Å². The predicted octanol–water partition coefficient (Wildman–Crippen LogP) is 4.01. The zero-order valence-corrected chi connectivity index (χ0v) is 11.5. The quantitative estimate of drug-likeness (QED) is 0.895. The molecule has 1 aromatic carbocycles. The Kier molecular flexibility index (Phi) is 4.42. The summed E-state index contributed by atoms with van der Waals surface area (Å²) >= 11 is 14.3. The van der Waals surface area contributed by atoms with Gasteiger partial charge in [0.25, 0.3) is 0 Å². The van der Waals surface area contributed by atoms with E-state index in [4.69, 9.17) is 23.2 Å². The minimum Gasteiger partial charge on any atom is -0.313 e. The van der Waals surface area contributed by atoms with Crippen molar-refractivity contribution < 1.29 is 0 Å². The molecule has 0 aliphatic carbocycles. The molecule has 2 atom stereocenters. The van der Waals surface area contributed by atoms with E-state index in [1.807, 2.05) is 37.0 Å². The number of rotatable bonds is 3. The third-order valence-corrected chi connectivity index (χ3v) is 4.81. The molecule has 1 nitrogen and oxygen atoms in total. The fourth-order valence-corrected chi connectivity index (χ4v) is 3.93. The first-order chi connectivity index (χ1) is 7.72. The van der Waals surface area contributed by atoms with Crippen LogP contribution in [0.4, 0.5) is 0 Å². The Morgan fingerprint density at radius 3 is 2.88 bits per heavy atom. The first kappa shape index (κ1) is 12.6. The van der Waals surface area contributed by atoms with Crippen LogP contribution in [0.3, 0.4) is 0 Å². The SMILES string of the molecule is CNC(c1cc(Cl)ccc1Cl)C1CCSC1. The maximum Gasteiger partial charge on any atom is 0.0454 e. The minimum atomic E-state index is 0.321. The van der Waals surface area contributed by atoms with Crippen molar-refractivity contribution in [2.75, 3.05) is 18.6 Å². The highest BCUT2D eigenvalue weighted by molar-refractivity contribution is 7.99. The molecule has 0 radical (unpaired) electrons. The molecule has 2 unspecified atom stereocenters. The van der Waals surface area contributed by atoms with E-state index in [-0.39, 0.29) is 0 Å². The van der Waals surface area contributed by atoms with Crippen LogP contribution in [0.2, 0.25) is 10.0 Å². The molecule has 1 fully saturated rings. The van der Waals surface area contributed by atoms with Crippen molar-refractivity contribution in [3.63, 3.8) is 0 Å². The summed E-state index contributed by atoms with van der Waals surface area (Å²) in [6.07, 6.45) is 1.25. The molecule has 1 saturated heterocycles. The second-order valence-electron chi connectivity index (χ2n) is 4.06. The molecule has 88 valence electrons. The summed E-state index contributed by atoms with van der Waals surface area (Å²) < 4.78 is 0. The molecule has 16 heavy (non-hydrogen) atoms. The highest BCUT2D eigenvalue weighted by Gasteiger charge is 2.27. The Morgan fingerprint density at radius 1 is 1.44 bits per heavy atom. The van der Waals surface area contributed by atoms with Crippen molar-refractivity contribution in [3.8, 4) is 0 Å². The number of hydrogen-bond donors (Lipinski definition) is 1. The van der Waals surface area contributed by atoms with Gasteiger partial charge in [0.05, 0.1) is 0 Å². The first-order valence-corrected chi connectivity index (χ1v) is 7.33. The fraction of sp³-hybridized carbons (Fsp3) is 0.500. The summed E-state index contributed by atoms with van der Waals surface area (Å²) in [7, 11) is 1.99. The molecule has 0 bridgehead atoms. The minimum absolute atomic E-state index is 0.321. The number of nitrogens with one attached hydrogen (secondary N) is 1. The summed E-state index contributed by atoms with van der Waals surface area (Å²) in [6, 6.07) is 6.02. The van der Waals surface area contributed by atoms with E-state index < -0.39 is 0 Å². The molecule has 0 saturated carbocycles. The molecule has 1 heterocycles. The second-order valence-corrected chi connectivity index (χ2v) is 6.05. The standard InChI is InChI=1S/C12H15Cl2NS/c1-15-12(8-4-5-16-7-8)10-6-9(13)2-3-11(10)14/h2-3,6,8,12,15H,4-5,7H2,1H3. The third kappa shape index (κ3) is 2.67. The van der Waals surface area contributed by atoms with Crippen LogP contribution in [0, 0.1) is 5.92 Å². The van der Waals surface area contributed by atoms with Gasteiger partial charge in [-0.1, -0.05) is 23.2 Å². The van der Waals surface area contributed by atoms with Crippen LogP contribution >= 0.6 is 35.0 Å². The van der Waals surface area contributed by atoms with Gasteiger partial charge in [-0.15, -0.1) is 0 Å². The second kappa shape index (κ2) is 5.63. The van der Waals surface area contributed by atoms with Gasteiger partial charge >= 0.3 is 0 Å². The summed E-state index contributed by atoms with van der Waals surface area (Å²) in [5.74, 6) is 3.11. The number of thioether (sulfide) groups is 1. The van der Waals surface area contributed by atoms with Gasteiger partial charge in [0, 0.05) is 16.1 Å². The summed E-state index contributed by atoms with van der Waals surface area (Å²) in [4.78, 5) is 0. The molecule has 1 aliphatic rings. The smallest absolute Gasteiger partial charge is 0.0454 e. The van der Waals surface area contributed by atoms with E-state index in [1.165, 1.54) is 17.9 Å². The van der Waals surface area contributed by atoms with Crippen LogP contribution in [-0.2, 0) is 0 Å². The summed E-state index contributed by atoms with van der Waals surface area (Å²) in [6.45, 7) is 0. The van der Waals surface area contributed by atoms with Gasteiger partial charge in [0.15, 0.2) is 0 Å². The van der Waals surface area contributed by atoms with Gasteiger partial charge in [0.2, 0.25) is 0 Å². The third-order valence-electron chi connectivity index (χ3n) is 3.04. The van der Waals surface area contributed by atoms with Crippen molar-refractivity contribution in [2.24, 2.45) is 5.92 Å². The molecular weight excluding hydrogens is 261 g/mol.